The average molecular weight is 431 g/mol. The highest BCUT2D eigenvalue weighted by Crippen LogP contribution is 2.20. The second kappa shape index (κ2) is 9.57. The van der Waals surface area contributed by atoms with Crippen molar-refractivity contribution in [3.63, 3.8) is 0 Å². The molecular weight excluding hydrogens is 408 g/mol. The second-order valence-electron chi connectivity index (χ2n) is 7.12. The third kappa shape index (κ3) is 5.00. The average Bonchev–Trinajstić information content (AvgIpc) is 2.79. The summed E-state index contributed by atoms with van der Waals surface area (Å²) in [6.07, 6.45) is 2.48. The van der Waals surface area contributed by atoms with Gasteiger partial charge in [0.1, 0.15) is 5.82 Å². The van der Waals surface area contributed by atoms with Crippen molar-refractivity contribution in [2.24, 2.45) is 0 Å². The van der Waals surface area contributed by atoms with E-state index in [1.807, 2.05) is 55.5 Å². The Balaban J connectivity index is 1.53. The molecule has 156 valence electrons. The number of benzene rings is 2. The van der Waals surface area contributed by atoms with Crippen LogP contribution in [0.3, 0.4) is 0 Å². The maximum atomic E-state index is 13.2. The molecule has 1 N–H and O–H groups in total. The van der Waals surface area contributed by atoms with Gasteiger partial charge in [0.25, 0.3) is 5.56 Å². The van der Waals surface area contributed by atoms with E-state index in [1.54, 1.807) is 24.4 Å². The van der Waals surface area contributed by atoms with Crippen molar-refractivity contribution in [1.29, 1.82) is 0 Å². The molecule has 0 atom stereocenters. The Morgan fingerprint density at radius 1 is 1.03 bits per heavy atom. The molecule has 0 saturated carbocycles. The Labute approximate surface area is 184 Å². The molecule has 4 rings (SSSR count). The molecule has 0 aliphatic carbocycles. The zero-order valence-electron chi connectivity index (χ0n) is 17.1. The lowest BCUT2D eigenvalue weighted by atomic mass is 10.1. The van der Waals surface area contributed by atoms with Gasteiger partial charge in [0, 0.05) is 12.7 Å². The third-order valence-corrected chi connectivity index (χ3v) is 5.72. The van der Waals surface area contributed by atoms with Crippen molar-refractivity contribution in [3.8, 4) is 5.82 Å². The Morgan fingerprint density at radius 2 is 1.81 bits per heavy atom. The number of nitrogens with zero attached hydrogens (tertiary/aromatic N) is 3. The number of aryl methyl sites for hydroxylation is 1. The number of amides is 1. The highest BCUT2D eigenvalue weighted by molar-refractivity contribution is 7.99. The molecule has 0 aliphatic rings. The van der Waals surface area contributed by atoms with Gasteiger partial charge in [-0.1, -0.05) is 60.3 Å². The number of fused-ring (bicyclic) bond motifs is 1. The van der Waals surface area contributed by atoms with Gasteiger partial charge >= 0.3 is 0 Å². The summed E-state index contributed by atoms with van der Waals surface area (Å²) < 4.78 is 1.48. The van der Waals surface area contributed by atoms with Crippen molar-refractivity contribution >= 4 is 28.6 Å². The van der Waals surface area contributed by atoms with Crippen molar-refractivity contribution in [1.82, 2.24) is 19.9 Å². The molecule has 0 aliphatic heterocycles. The molecule has 4 aromatic rings. The maximum absolute atomic E-state index is 13.2. The Morgan fingerprint density at radius 3 is 2.58 bits per heavy atom. The van der Waals surface area contributed by atoms with Crippen LogP contribution in [0.2, 0.25) is 0 Å². The van der Waals surface area contributed by atoms with Crippen molar-refractivity contribution in [2.45, 2.75) is 18.5 Å². The fraction of sp³-hybridized carbons (Fsp3) is 0.167. The first-order valence-electron chi connectivity index (χ1n) is 10.00. The number of nitrogens with one attached hydrogen (secondary N) is 1. The van der Waals surface area contributed by atoms with Gasteiger partial charge in [0.15, 0.2) is 5.16 Å². The number of hydrogen-bond acceptors (Lipinski definition) is 5. The molecule has 0 radical (unpaired) electrons. The van der Waals surface area contributed by atoms with E-state index in [9.17, 15) is 9.59 Å². The summed E-state index contributed by atoms with van der Waals surface area (Å²) in [6, 6.07) is 20.9. The number of hydrogen-bond donors (Lipinski definition) is 1. The summed E-state index contributed by atoms with van der Waals surface area (Å²) in [6.45, 7) is 2.49. The van der Waals surface area contributed by atoms with Crippen LogP contribution in [0.4, 0.5) is 0 Å². The van der Waals surface area contributed by atoms with Crippen LogP contribution >= 0.6 is 11.8 Å². The number of carbonyl (C=O) groups excluding carboxylic acids is 1. The molecule has 0 bridgehead atoms. The molecule has 31 heavy (non-hydrogen) atoms. The molecule has 6 nitrogen and oxygen atoms in total. The van der Waals surface area contributed by atoms with E-state index in [4.69, 9.17) is 0 Å². The number of pyridine rings is 1. The number of carbonyl (C=O) groups is 1. The van der Waals surface area contributed by atoms with Crippen molar-refractivity contribution < 1.29 is 4.79 Å². The molecule has 0 saturated heterocycles. The predicted molar refractivity (Wildman–Crippen MR) is 124 cm³/mol. The van der Waals surface area contributed by atoms with Crippen LogP contribution < -0.4 is 10.9 Å². The van der Waals surface area contributed by atoms with Gasteiger partial charge in [-0.3, -0.25) is 9.59 Å². The van der Waals surface area contributed by atoms with Crippen LogP contribution in [-0.2, 0) is 11.2 Å². The topological polar surface area (TPSA) is 76.9 Å². The van der Waals surface area contributed by atoms with Crippen LogP contribution in [0.25, 0.3) is 16.7 Å². The van der Waals surface area contributed by atoms with E-state index in [0.29, 0.717) is 28.4 Å². The lowest BCUT2D eigenvalue weighted by Crippen LogP contribution is -2.28. The minimum atomic E-state index is -0.200. The zero-order valence-corrected chi connectivity index (χ0v) is 17.9. The Bertz CT molecular complexity index is 1250. The van der Waals surface area contributed by atoms with Crippen LogP contribution in [-0.4, -0.2) is 32.7 Å². The largest absolute Gasteiger partial charge is 0.355 e. The Hall–Kier alpha value is -3.45. The summed E-state index contributed by atoms with van der Waals surface area (Å²) in [4.78, 5) is 34.6. The first-order chi connectivity index (χ1) is 15.1. The van der Waals surface area contributed by atoms with E-state index in [1.165, 1.54) is 21.9 Å². The first-order valence-corrected chi connectivity index (χ1v) is 11.0. The molecule has 7 heteroatoms. The van der Waals surface area contributed by atoms with E-state index < -0.39 is 0 Å². The summed E-state index contributed by atoms with van der Waals surface area (Å²) in [5.74, 6) is 0.540. The van der Waals surface area contributed by atoms with Crippen LogP contribution in [0.1, 0.15) is 11.1 Å². The van der Waals surface area contributed by atoms with Crippen LogP contribution in [0.15, 0.2) is 82.9 Å². The lowest BCUT2D eigenvalue weighted by Gasteiger charge is -2.12. The number of rotatable bonds is 7. The molecule has 2 heterocycles. The fourth-order valence-corrected chi connectivity index (χ4v) is 4.01. The van der Waals surface area contributed by atoms with Gasteiger partial charge in [-0.25, -0.2) is 14.5 Å². The monoisotopic (exact) mass is 430 g/mol. The highest BCUT2D eigenvalue weighted by Gasteiger charge is 2.15. The third-order valence-electron chi connectivity index (χ3n) is 4.78. The van der Waals surface area contributed by atoms with Crippen LogP contribution in [0.5, 0.6) is 0 Å². The summed E-state index contributed by atoms with van der Waals surface area (Å²) in [7, 11) is 0. The normalized spacial score (nSPS) is 10.9. The zero-order chi connectivity index (χ0) is 21.6. The van der Waals surface area contributed by atoms with Gasteiger partial charge in [0.05, 0.1) is 16.7 Å². The minimum absolute atomic E-state index is 0.105. The molecule has 0 unspecified atom stereocenters. The quantitative estimate of drug-likeness (QED) is 0.358. The standard InChI is InChI=1S/C24H22N4O2S/c1-17-11-12-21(26-15-17)28-23(30)19-9-5-6-10-20(19)27-24(28)31-16-22(29)25-14-13-18-7-3-2-4-8-18/h2-12,15H,13-14,16H2,1H3,(H,25,29). The molecular formula is C24H22N4O2S. The number of aromatic nitrogens is 3. The Kier molecular flexibility index (Phi) is 6.43. The van der Waals surface area contributed by atoms with Crippen LogP contribution in [0, 0.1) is 6.92 Å². The van der Waals surface area contributed by atoms with E-state index >= 15 is 0 Å². The molecule has 1 amide bonds. The van der Waals surface area contributed by atoms with Crippen molar-refractivity contribution in [2.75, 3.05) is 12.3 Å². The van der Waals surface area contributed by atoms with E-state index in [-0.39, 0.29) is 17.2 Å². The highest BCUT2D eigenvalue weighted by atomic mass is 32.2. The van der Waals surface area contributed by atoms with Gasteiger partial charge in [0.2, 0.25) is 5.91 Å². The smallest absolute Gasteiger partial charge is 0.267 e. The van der Waals surface area contributed by atoms with E-state index in [2.05, 4.69) is 15.3 Å². The molecule has 2 aromatic heterocycles. The summed E-state index contributed by atoms with van der Waals surface area (Å²) in [5.41, 5.74) is 2.57. The molecule has 2 aromatic carbocycles. The van der Waals surface area contributed by atoms with Gasteiger partial charge in [-0.15, -0.1) is 0 Å². The predicted octanol–water partition coefficient (Wildman–Crippen LogP) is 3.54. The van der Waals surface area contributed by atoms with Crippen molar-refractivity contribution in [3.05, 3.63) is 94.4 Å². The minimum Gasteiger partial charge on any atom is -0.355 e. The van der Waals surface area contributed by atoms with Gasteiger partial charge in [-0.05, 0) is 42.7 Å². The first kappa shape index (κ1) is 20.8. The molecule has 0 spiro atoms. The van der Waals surface area contributed by atoms with E-state index in [0.717, 1.165) is 12.0 Å². The number of para-hydroxylation sites is 1. The summed E-state index contributed by atoms with van der Waals surface area (Å²) in [5, 5.41) is 3.89. The number of thioether (sulfide) groups is 1. The SMILES string of the molecule is Cc1ccc(-n2c(SCC(=O)NCCc3ccccc3)nc3ccccc3c2=O)nc1. The fourth-order valence-electron chi connectivity index (χ4n) is 3.18. The second-order valence-corrected chi connectivity index (χ2v) is 8.06. The van der Waals surface area contributed by atoms with Gasteiger partial charge < -0.3 is 5.32 Å². The lowest BCUT2D eigenvalue weighted by molar-refractivity contribution is -0.118. The van der Waals surface area contributed by atoms with Gasteiger partial charge in [-0.2, -0.15) is 0 Å². The maximum Gasteiger partial charge on any atom is 0.267 e. The molecule has 0 fully saturated rings. The summed E-state index contributed by atoms with van der Waals surface area (Å²) >= 11 is 1.23.